The summed E-state index contributed by atoms with van der Waals surface area (Å²) in [6.45, 7) is 2.43. The smallest absolute Gasteiger partial charge is 0.235 e. The highest BCUT2D eigenvalue weighted by molar-refractivity contribution is 7.85. The molecule has 2 aliphatic carbocycles. The number of carbonyl (C=O) groups excluding carboxylic acids is 1. The molecule has 0 radical (unpaired) electrons. The predicted octanol–water partition coefficient (Wildman–Crippen LogP) is 1.34. The molecular formula is C15H25N5O2S. The Hall–Kier alpha value is -1.31. The van der Waals surface area contributed by atoms with Crippen molar-refractivity contribution in [3.05, 3.63) is 5.82 Å². The maximum absolute atomic E-state index is 12.4. The molecule has 2 aliphatic rings. The molecule has 0 spiro atoms. The summed E-state index contributed by atoms with van der Waals surface area (Å²) in [5, 5.41) is 14.0. The molecule has 1 N–H and O–H groups in total. The van der Waals surface area contributed by atoms with E-state index in [1.54, 1.807) is 11.6 Å². The van der Waals surface area contributed by atoms with E-state index in [0.717, 1.165) is 12.8 Å². The van der Waals surface area contributed by atoms with Gasteiger partial charge in [-0.1, -0.05) is 19.3 Å². The Labute approximate surface area is 139 Å². The molecule has 0 bridgehead atoms. The van der Waals surface area contributed by atoms with Crippen molar-refractivity contribution in [2.24, 2.45) is 5.92 Å². The van der Waals surface area contributed by atoms with Crippen LogP contribution in [0.2, 0.25) is 0 Å². The minimum Gasteiger partial charge on any atom is -0.355 e. The summed E-state index contributed by atoms with van der Waals surface area (Å²) in [6.07, 6.45) is 8.34. The van der Waals surface area contributed by atoms with Gasteiger partial charge in [-0.25, -0.2) is 4.68 Å². The summed E-state index contributed by atoms with van der Waals surface area (Å²) >= 11 is 0. The van der Waals surface area contributed by atoms with E-state index < -0.39 is 16.0 Å². The van der Waals surface area contributed by atoms with Crippen LogP contribution in [0.25, 0.3) is 0 Å². The van der Waals surface area contributed by atoms with Gasteiger partial charge in [-0.05, 0) is 49.0 Å². The van der Waals surface area contributed by atoms with Crippen LogP contribution >= 0.6 is 0 Å². The molecule has 3 rings (SSSR count). The van der Waals surface area contributed by atoms with Crippen molar-refractivity contribution in [2.75, 3.05) is 6.54 Å². The van der Waals surface area contributed by atoms with E-state index >= 15 is 0 Å². The first-order chi connectivity index (χ1) is 11.1. The van der Waals surface area contributed by atoms with E-state index in [0.29, 0.717) is 24.3 Å². The Kier molecular flexibility index (Phi) is 5.40. The molecule has 23 heavy (non-hydrogen) atoms. The molecule has 1 aromatic rings. The molecule has 1 amide bonds. The van der Waals surface area contributed by atoms with Crippen LogP contribution in [0, 0.1) is 5.92 Å². The molecule has 2 atom stereocenters. The summed E-state index contributed by atoms with van der Waals surface area (Å²) < 4.78 is 14.2. The number of hydrogen-bond donors (Lipinski definition) is 1. The Morgan fingerprint density at radius 2 is 2.04 bits per heavy atom. The van der Waals surface area contributed by atoms with Gasteiger partial charge in [-0.2, -0.15) is 0 Å². The summed E-state index contributed by atoms with van der Waals surface area (Å²) in [6, 6.07) is 0.354. The normalized spacial score (nSPS) is 21.8. The molecule has 1 heterocycles. The van der Waals surface area contributed by atoms with E-state index in [4.69, 9.17) is 0 Å². The summed E-state index contributed by atoms with van der Waals surface area (Å²) in [4.78, 5) is 12.2. The Balaban J connectivity index is 1.47. The number of tetrazole rings is 1. The minimum absolute atomic E-state index is 0.126. The number of nitrogens with zero attached hydrogens (tertiary/aromatic N) is 4. The fourth-order valence-electron chi connectivity index (χ4n) is 3.06. The highest BCUT2D eigenvalue weighted by Crippen LogP contribution is 2.34. The standard InChI is InChI=1S/C15H25N5O2S/c1-11(15(21)16-9-12-5-3-2-4-6-12)23(22)10-14-17-18-19-20(14)13-7-8-13/h11-13H,2-10H2,1H3,(H,16,21)/t11-,23+/m0/s1. The van der Waals surface area contributed by atoms with Crippen LogP contribution in [0.4, 0.5) is 0 Å². The number of aromatic nitrogens is 4. The third kappa shape index (κ3) is 4.37. The molecule has 128 valence electrons. The van der Waals surface area contributed by atoms with Gasteiger partial charge in [0.05, 0.1) is 11.8 Å². The zero-order chi connectivity index (χ0) is 16.2. The van der Waals surface area contributed by atoms with Gasteiger partial charge >= 0.3 is 0 Å². The van der Waals surface area contributed by atoms with Crippen molar-refractivity contribution in [1.29, 1.82) is 0 Å². The molecule has 0 unspecified atom stereocenters. The zero-order valence-electron chi connectivity index (χ0n) is 13.6. The van der Waals surface area contributed by atoms with E-state index in [-0.39, 0.29) is 11.7 Å². The van der Waals surface area contributed by atoms with Gasteiger partial charge in [0.15, 0.2) is 5.82 Å². The first kappa shape index (κ1) is 16.5. The van der Waals surface area contributed by atoms with E-state index in [9.17, 15) is 9.00 Å². The van der Waals surface area contributed by atoms with Crippen LogP contribution in [0.3, 0.4) is 0 Å². The van der Waals surface area contributed by atoms with Crippen LogP contribution in [-0.4, -0.2) is 42.1 Å². The average molecular weight is 339 g/mol. The number of hydrogen-bond acceptors (Lipinski definition) is 5. The van der Waals surface area contributed by atoms with Crippen molar-refractivity contribution >= 4 is 16.7 Å². The zero-order valence-corrected chi connectivity index (χ0v) is 14.4. The quantitative estimate of drug-likeness (QED) is 0.810. The SMILES string of the molecule is C[C@@H](C(=O)NCC1CCCCC1)[S@](=O)Cc1nnnn1C1CC1. The maximum atomic E-state index is 12.4. The van der Waals surface area contributed by atoms with Gasteiger partial charge in [0.2, 0.25) is 5.91 Å². The van der Waals surface area contributed by atoms with Crippen molar-refractivity contribution in [3.63, 3.8) is 0 Å². The number of rotatable bonds is 7. The lowest BCUT2D eigenvalue weighted by atomic mass is 9.89. The summed E-state index contributed by atoms with van der Waals surface area (Å²) in [7, 11) is -1.31. The molecule has 2 saturated carbocycles. The number of carbonyl (C=O) groups is 1. The van der Waals surface area contributed by atoms with Gasteiger partial charge in [0.25, 0.3) is 0 Å². The molecule has 0 aliphatic heterocycles. The maximum Gasteiger partial charge on any atom is 0.235 e. The second-order valence-corrected chi connectivity index (χ2v) is 8.44. The second-order valence-electron chi connectivity index (χ2n) is 6.69. The molecule has 2 fully saturated rings. The summed E-state index contributed by atoms with van der Waals surface area (Å²) in [5.41, 5.74) is 0. The van der Waals surface area contributed by atoms with Gasteiger partial charge in [0.1, 0.15) is 5.25 Å². The van der Waals surface area contributed by atoms with Crippen LogP contribution in [0.1, 0.15) is 63.7 Å². The minimum atomic E-state index is -1.31. The van der Waals surface area contributed by atoms with E-state index in [1.165, 1.54) is 32.1 Å². The van der Waals surface area contributed by atoms with Gasteiger partial charge in [-0.15, -0.1) is 5.10 Å². The van der Waals surface area contributed by atoms with Crippen LogP contribution in [0.5, 0.6) is 0 Å². The third-order valence-electron chi connectivity index (χ3n) is 4.78. The molecular weight excluding hydrogens is 314 g/mol. The Bertz CT molecular complexity index is 566. The van der Waals surface area contributed by atoms with Crippen LogP contribution in [0.15, 0.2) is 0 Å². The Morgan fingerprint density at radius 1 is 1.30 bits per heavy atom. The molecule has 1 aromatic heterocycles. The van der Waals surface area contributed by atoms with Crippen molar-refractivity contribution in [1.82, 2.24) is 25.5 Å². The molecule has 7 nitrogen and oxygen atoms in total. The second kappa shape index (κ2) is 7.51. The first-order valence-electron chi connectivity index (χ1n) is 8.56. The highest BCUT2D eigenvalue weighted by Gasteiger charge is 2.29. The van der Waals surface area contributed by atoms with Gasteiger partial charge < -0.3 is 5.32 Å². The first-order valence-corrected chi connectivity index (χ1v) is 9.95. The van der Waals surface area contributed by atoms with Gasteiger partial charge in [0, 0.05) is 17.3 Å². The van der Waals surface area contributed by atoms with Crippen molar-refractivity contribution in [2.45, 2.75) is 68.9 Å². The largest absolute Gasteiger partial charge is 0.355 e. The Morgan fingerprint density at radius 3 is 2.74 bits per heavy atom. The van der Waals surface area contributed by atoms with Gasteiger partial charge in [-0.3, -0.25) is 9.00 Å². The lowest BCUT2D eigenvalue weighted by molar-refractivity contribution is -0.120. The fourth-order valence-corrected chi connectivity index (χ4v) is 4.08. The fraction of sp³-hybridized carbons (Fsp3) is 0.867. The lowest BCUT2D eigenvalue weighted by Gasteiger charge is -2.22. The number of amides is 1. The highest BCUT2D eigenvalue weighted by atomic mass is 32.2. The lowest BCUT2D eigenvalue weighted by Crippen LogP contribution is -2.39. The predicted molar refractivity (Wildman–Crippen MR) is 87.0 cm³/mol. The van der Waals surface area contributed by atoms with Crippen LogP contribution < -0.4 is 5.32 Å². The molecule has 0 aromatic carbocycles. The molecule has 0 saturated heterocycles. The van der Waals surface area contributed by atoms with Crippen LogP contribution in [-0.2, 0) is 21.3 Å². The third-order valence-corrected chi connectivity index (χ3v) is 6.32. The average Bonchev–Trinajstić information content (AvgIpc) is 3.32. The van der Waals surface area contributed by atoms with E-state index in [2.05, 4.69) is 20.8 Å². The topological polar surface area (TPSA) is 89.8 Å². The van der Waals surface area contributed by atoms with E-state index in [1.807, 2.05) is 0 Å². The van der Waals surface area contributed by atoms with Crippen molar-refractivity contribution in [3.8, 4) is 0 Å². The summed E-state index contributed by atoms with van der Waals surface area (Å²) in [5.74, 6) is 1.31. The van der Waals surface area contributed by atoms with Crippen molar-refractivity contribution < 1.29 is 9.00 Å². The number of nitrogens with one attached hydrogen (secondary N) is 1. The monoisotopic (exact) mass is 339 g/mol. The molecule has 8 heteroatoms.